The molecule has 5 aromatic carbocycles. The molecule has 0 aliphatic carbocycles. The Balaban J connectivity index is 1.19. The van der Waals surface area contributed by atoms with Crippen LogP contribution in [-0.2, 0) is 9.31 Å². The maximum absolute atomic E-state index is 6.36. The van der Waals surface area contributed by atoms with Crippen LogP contribution in [0.1, 0.15) is 27.7 Å². The molecule has 196 valence electrons. The van der Waals surface area contributed by atoms with Crippen LogP contribution in [0.25, 0.3) is 55.3 Å². The van der Waals surface area contributed by atoms with Gasteiger partial charge in [-0.05, 0) is 90.4 Å². The number of furan rings is 1. The van der Waals surface area contributed by atoms with E-state index in [0.29, 0.717) is 0 Å². The third kappa shape index (κ3) is 4.34. The van der Waals surface area contributed by atoms with Gasteiger partial charge in [-0.1, -0.05) is 91.0 Å². The molecule has 1 aliphatic rings. The summed E-state index contributed by atoms with van der Waals surface area (Å²) in [5.74, 6) is 0.881. The molecular formula is C36H31BO3. The average molecular weight is 522 g/mol. The molecule has 6 aromatic rings. The minimum Gasteiger partial charge on any atom is -0.456 e. The van der Waals surface area contributed by atoms with Crippen molar-refractivity contribution in [2.45, 2.75) is 38.9 Å². The summed E-state index contributed by atoms with van der Waals surface area (Å²) in [6.07, 6.45) is 0. The molecule has 0 atom stereocenters. The predicted molar refractivity (Wildman–Crippen MR) is 166 cm³/mol. The lowest BCUT2D eigenvalue weighted by Crippen LogP contribution is -2.41. The van der Waals surface area contributed by atoms with Gasteiger partial charge in [-0.25, -0.2) is 0 Å². The first-order valence-corrected chi connectivity index (χ1v) is 13.9. The van der Waals surface area contributed by atoms with Crippen molar-refractivity contribution in [1.29, 1.82) is 0 Å². The summed E-state index contributed by atoms with van der Waals surface area (Å²) in [4.78, 5) is 0. The summed E-state index contributed by atoms with van der Waals surface area (Å²) in [7, 11) is -0.383. The Morgan fingerprint density at radius 2 is 1.07 bits per heavy atom. The standard InChI is InChI=1S/C36H31BO3/c1-35(2)36(3,4)40-37(39-35)32-14-8-13-28(21-32)26-11-7-12-27(19-26)29-16-18-31-23-34(38-33(31)22-29)30-17-15-24-9-5-6-10-25(24)20-30/h5-23H,1-4H3. The molecule has 40 heavy (non-hydrogen) atoms. The Bertz CT molecular complexity index is 1860. The minimum atomic E-state index is -0.383. The van der Waals surface area contributed by atoms with E-state index in [-0.39, 0.29) is 18.3 Å². The molecule has 0 unspecified atom stereocenters. The van der Waals surface area contributed by atoms with Gasteiger partial charge in [0.1, 0.15) is 11.3 Å². The van der Waals surface area contributed by atoms with Gasteiger partial charge in [0.25, 0.3) is 0 Å². The maximum Gasteiger partial charge on any atom is 0.494 e. The zero-order valence-electron chi connectivity index (χ0n) is 23.3. The Morgan fingerprint density at radius 1 is 0.475 bits per heavy atom. The zero-order chi connectivity index (χ0) is 27.5. The van der Waals surface area contributed by atoms with Crippen LogP contribution in [0, 0.1) is 0 Å². The quantitative estimate of drug-likeness (QED) is 0.217. The molecule has 3 nitrogen and oxygen atoms in total. The first-order valence-electron chi connectivity index (χ1n) is 13.9. The highest BCUT2D eigenvalue weighted by Crippen LogP contribution is 2.37. The fourth-order valence-corrected chi connectivity index (χ4v) is 5.42. The van der Waals surface area contributed by atoms with Crippen molar-refractivity contribution in [1.82, 2.24) is 0 Å². The van der Waals surface area contributed by atoms with E-state index in [1.54, 1.807) is 0 Å². The van der Waals surface area contributed by atoms with Crippen LogP contribution >= 0.6 is 0 Å². The molecule has 1 aromatic heterocycles. The third-order valence-corrected chi connectivity index (χ3v) is 8.50. The smallest absolute Gasteiger partial charge is 0.456 e. The Morgan fingerprint density at radius 3 is 1.82 bits per heavy atom. The molecule has 2 heterocycles. The molecular weight excluding hydrogens is 491 g/mol. The molecule has 1 aliphatic heterocycles. The van der Waals surface area contributed by atoms with Crippen LogP contribution in [0.5, 0.6) is 0 Å². The van der Waals surface area contributed by atoms with E-state index in [4.69, 9.17) is 13.7 Å². The highest BCUT2D eigenvalue weighted by molar-refractivity contribution is 6.62. The number of benzene rings is 5. The normalized spacial score (nSPS) is 16.1. The van der Waals surface area contributed by atoms with Gasteiger partial charge in [-0.3, -0.25) is 0 Å². The van der Waals surface area contributed by atoms with E-state index in [9.17, 15) is 0 Å². The summed E-state index contributed by atoms with van der Waals surface area (Å²) < 4.78 is 19.0. The van der Waals surface area contributed by atoms with Crippen molar-refractivity contribution < 1.29 is 13.7 Å². The van der Waals surface area contributed by atoms with Crippen LogP contribution in [-0.4, -0.2) is 18.3 Å². The van der Waals surface area contributed by atoms with Crippen LogP contribution in [0.2, 0.25) is 0 Å². The van der Waals surface area contributed by atoms with Gasteiger partial charge in [0.05, 0.1) is 11.2 Å². The summed E-state index contributed by atoms with van der Waals surface area (Å²) in [6, 6.07) is 40.5. The molecule has 0 amide bonds. The van der Waals surface area contributed by atoms with Crippen LogP contribution < -0.4 is 5.46 Å². The van der Waals surface area contributed by atoms with Crippen LogP contribution in [0.15, 0.2) is 120 Å². The lowest BCUT2D eigenvalue weighted by molar-refractivity contribution is 0.00578. The molecule has 1 saturated heterocycles. The summed E-state index contributed by atoms with van der Waals surface area (Å²) >= 11 is 0. The van der Waals surface area contributed by atoms with Crippen molar-refractivity contribution in [2.75, 3.05) is 0 Å². The van der Waals surface area contributed by atoms with Crippen molar-refractivity contribution in [2.24, 2.45) is 0 Å². The Hall–Kier alpha value is -4.12. The van der Waals surface area contributed by atoms with Crippen LogP contribution in [0.3, 0.4) is 0 Å². The lowest BCUT2D eigenvalue weighted by Gasteiger charge is -2.32. The average Bonchev–Trinajstić information content (AvgIpc) is 3.49. The van der Waals surface area contributed by atoms with Crippen molar-refractivity contribution in [3.05, 3.63) is 115 Å². The largest absolute Gasteiger partial charge is 0.494 e. The van der Waals surface area contributed by atoms with Gasteiger partial charge in [0, 0.05) is 10.9 Å². The van der Waals surface area contributed by atoms with Crippen molar-refractivity contribution in [3.8, 4) is 33.6 Å². The zero-order valence-corrected chi connectivity index (χ0v) is 23.3. The lowest BCUT2D eigenvalue weighted by atomic mass is 9.78. The van der Waals surface area contributed by atoms with E-state index in [0.717, 1.165) is 50.0 Å². The first kappa shape index (κ1) is 24.9. The second-order valence-electron chi connectivity index (χ2n) is 11.7. The molecule has 7 rings (SSSR count). The molecule has 0 radical (unpaired) electrons. The van der Waals surface area contributed by atoms with E-state index in [1.807, 2.05) is 0 Å². The van der Waals surface area contributed by atoms with Gasteiger partial charge < -0.3 is 13.7 Å². The number of fused-ring (bicyclic) bond motifs is 2. The summed E-state index contributed by atoms with van der Waals surface area (Å²) in [5.41, 5.74) is 6.80. The first-order chi connectivity index (χ1) is 19.3. The third-order valence-electron chi connectivity index (χ3n) is 8.50. The molecule has 0 N–H and O–H groups in total. The number of rotatable bonds is 4. The summed E-state index contributed by atoms with van der Waals surface area (Å²) in [6.45, 7) is 8.34. The maximum atomic E-state index is 6.36. The van der Waals surface area contributed by atoms with Gasteiger partial charge >= 0.3 is 7.12 Å². The second-order valence-corrected chi connectivity index (χ2v) is 11.7. The van der Waals surface area contributed by atoms with Crippen molar-refractivity contribution in [3.63, 3.8) is 0 Å². The molecule has 1 fully saturated rings. The minimum absolute atomic E-state index is 0.369. The predicted octanol–water partition coefficient (Wildman–Crippen LogP) is 8.89. The topological polar surface area (TPSA) is 31.6 Å². The fourth-order valence-electron chi connectivity index (χ4n) is 5.42. The molecule has 0 spiro atoms. The van der Waals surface area contributed by atoms with E-state index < -0.39 is 0 Å². The molecule has 0 bridgehead atoms. The van der Waals surface area contributed by atoms with Crippen LogP contribution in [0.4, 0.5) is 0 Å². The summed E-state index contributed by atoms with van der Waals surface area (Å²) in [5, 5.41) is 3.53. The van der Waals surface area contributed by atoms with Gasteiger partial charge in [0.2, 0.25) is 0 Å². The van der Waals surface area contributed by atoms with E-state index in [1.165, 1.54) is 10.8 Å². The highest BCUT2D eigenvalue weighted by atomic mass is 16.7. The second kappa shape index (κ2) is 9.23. The SMILES string of the molecule is CC1(C)OB(c2cccc(-c3cccc(-c4ccc5cc(-c6ccc7ccccc7c6)oc5c4)c3)c2)OC1(C)C. The van der Waals surface area contributed by atoms with Crippen molar-refractivity contribution >= 4 is 34.3 Å². The number of hydrogen-bond acceptors (Lipinski definition) is 3. The van der Waals surface area contributed by atoms with Gasteiger partial charge in [-0.2, -0.15) is 0 Å². The monoisotopic (exact) mass is 522 g/mol. The Kier molecular flexibility index (Phi) is 5.74. The highest BCUT2D eigenvalue weighted by Gasteiger charge is 2.51. The fraction of sp³-hybridized carbons (Fsp3) is 0.167. The number of hydrogen-bond donors (Lipinski definition) is 0. The molecule has 0 saturated carbocycles. The van der Waals surface area contributed by atoms with Gasteiger partial charge in [0.15, 0.2) is 0 Å². The molecule has 4 heteroatoms. The van der Waals surface area contributed by atoms with Gasteiger partial charge in [-0.15, -0.1) is 0 Å². The van der Waals surface area contributed by atoms with E-state index in [2.05, 4.69) is 143 Å². The van der Waals surface area contributed by atoms with E-state index >= 15 is 0 Å². The Labute approximate surface area is 235 Å².